The van der Waals surface area contributed by atoms with Gasteiger partial charge in [-0.3, -0.25) is 0 Å². The van der Waals surface area contributed by atoms with Gasteiger partial charge >= 0.3 is 0 Å². The van der Waals surface area contributed by atoms with Gasteiger partial charge in [0, 0.05) is 26.2 Å². The number of anilines is 1. The van der Waals surface area contributed by atoms with E-state index in [4.69, 9.17) is 5.73 Å². The van der Waals surface area contributed by atoms with Crippen LogP contribution in [0.2, 0.25) is 0 Å². The van der Waals surface area contributed by atoms with Gasteiger partial charge in [0.25, 0.3) is 0 Å². The zero-order valence-corrected chi connectivity index (χ0v) is 13.2. The second kappa shape index (κ2) is 6.68. The summed E-state index contributed by atoms with van der Waals surface area (Å²) in [5, 5.41) is 0. The number of rotatable bonds is 3. The molecule has 1 aromatic carbocycles. The average Bonchev–Trinajstić information content (AvgIpc) is 2.38. The first-order valence-corrected chi connectivity index (χ1v) is 6.34. The van der Waals surface area contributed by atoms with E-state index in [0.717, 1.165) is 17.0 Å². The van der Waals surface area contributed by atoms with Crippen molar-refractivity contribution < 1.29 is 0 Å². The Labute approximate surface area is 126 Å². The maximum Gasteiger partial charge on any atom is 0.225 e. The Bertz CT molecular complexity index is 596. The summed E-state index contributed by atoms with van der Waals surface area (Å²) in [4.78, 5) is 10.9. The minimum absolute atomic E-state index is 0. The van der Waals surface area contributed by atoms with E-state index < -0.39 is 0 Å². The van der Waals surface area contributed by atoms with E-state index >= 15 is 0 Å². The Morgan fingerprint density at radius 1 is 1.10 bits per heavy atom. The van der Waals surface area contributed by atoms with Crippen LogP contribution in [0.15, 0.2) is 24.3 Å². The highest BCUT2D eigenvalue weighted by atomic mass is 35.5. The molecule has 0 radical (unpaired) electrons. The summed E-state index contributed by atoms with van der Waals surface area (Å²) in [6.07, 6.45) is 0. The van der Waals surface area contributed by atoms with E-state index in [1.54, 1.807) is 0 Å². The van der Waals surface area contributed by atoms with Crippen molar-refractivity contribution in [2.24, 2.45) is 5.73 Å². The molecule has 4 nitrogen and oxygen atoms in total. The summed E-state index contributed by atoms with van der Waals surface area (Å²) < 4.78 is 0. The van der Waals surface area contributed by atoms with E-state index in [2.05, 4.69) is 42.0 Å². The second-order valence-electron chi connectivity index (χ2n) is 4.96. The standard InChI is InChI=1S/C15H20N4.ClH/c1-10-5-6-13(11(2)7-10)14-8-12(9-16)17-15(18-14)19(3)4;/h5-8H,9,16H2,1-4H3;1H. The molecule has 108 valence electrons. The van der Waals surface area contributed by atoms with Crippen LogP contribution in [0.1, 0.15) is 16.8 Å². The molecule has 1 heterocycles. The summed E-state index contributed by atoms with van der Waals surface area (Å²) >= 11 is 0. The van der Waals surface area contributed by atoms with Gasteiger partial charge in [0.05, 0.1) is 11.4 Å². The molecule has 2 rings (SSSR count). The molecule has 0 aliphatic heterocycles. The maximum absolute atomic E-state index is 5.72. The highest BCUT2D eigenvalue weighted by Gasteiger charge is 2.09. The van der Waals surface area contributed by atoms with E-state index in [0.29, 0.717) is 12.5 Å². The van der Waals surface area contributed by atoms with Crippen molar-refractivity contribution in [2.75, 3.05) is 19.0 Å². The lowest BCUT2D eigenvalue weighted by molar-refractivity contribution is 0.924. The maximum atomic E-state index is 5.72. The van der Waals surface area contributed by atoms with Gasteiger partial charge in [-0.15, -0.1) is 12.4 Å². The molecule has 0 fully saturated rings. The summed E-state index contributed by atoms with van der Waals surface area (Å²) in [5.74, 6) is 0.693. The molecular weight excluding hydrogens is 272 g/mol. The van der Waals surface area contributed by atoms with E-state index in [-0.39, 0.29) is 12.4 Å². The van der Waals surface area contributed by atoms with Crippen LogP contribution < -0.4 is 10.6 Å². The first-order chi connectivity index (χ1) is 9.01. The number of aryl methyl sites for hydroxylation is 2. The summed E-state index contributed by atoms with van der Waals surface area (Å²) in [5.41, 5.74) is 11.1. The molecule has 0 spiro atoms. The van der Waals surface area contributed by atoms with Gasteiger partial charge in [-0.05, 0) is 25.5 Å². The fraction of sp³-hybridized carbons (Fsp3) is 0.333. The van der Waals surface area contributed by atoms with Crippen LogP contribution in [-0.2, 0) is 6.54 Å². The largest absolute Gasteiger partial charge is 0.347 e. The van der Waals surface area contributed by atoms with Gasteiger partial charge in [0.2, 0.25) is 5.95 Å². The van der Waals surface area contributed by atoms with Gasteiger partial charge in [-0.25, -0.2) is 9.97 Å². The Kier molecular flexibility index (Phi) is 5.48. The van der Waals surface area contributed by atoms with Crippen molar-refractivity contribution >= 4 is 18.4 Å². The monoisotopic (exact) mass is 292 g/mol. The normalized spacial score (nSPS) is 10.1. The fourth-order valence-corrected chi connectivity index (χ4v) is 2.03. The highest BCUT2D eigenvalue weighted by molar-refractivity contribution is 5.85. The molecule has 0 aliphatic rings. The van der Waals surface area contributed by atoms with Crippen LogP contribution >= 0.6 is 12.4 Å². The number of benzene rings is 1. The Balaban J connectivity index is 0.00000200. The summed E-state index contributed by atoms with van der Waals surface area (Å²) in [6.45, 7) is 4.61. The molecule has 0 saturated heterocycles. The quantitative estimate of drug-likeness (QED) is 0.945. The van der Waals surface area contributed by atoms with Crippen molar-refractivity contribution in [2.45, 2.75) is 20.4 Å². The molecule has 20 heavy (non-hydrogen) atoms. The van der Waals surface area contributed by atoms with Gasteiger partial charge in [-0.2, -0.15) is 0 Å². The summed E-state index contributed by atoms with van der Waals surface area (Å²) in [7, 11) is 3.86. The van der Waals surface area contributed by atoms with E-state index in [9.17, 15) is 0 Å². The van der Waals surface area contributed by atoms with Crippen LogP contribution in [0, 0.1) is 13.8 Å². The Hall–Kier alpha value is -1.65. The van der Waals surface area contributed by atoms with Gasteiger partial charge in [0.1, 0.15) is 0 Å². The lowest BCUT2D eigenvalue weighted by Crippen LogP contribution is -2.15. The third-order valence-electron chi connectivity index (χ3n) is 3.03. The van der Waals surface area contributed by atoms with Crippen LogP contribution in [0.25, 0.3) is 11.3 Å². The van der Waals surface area contributed by atoms with Crippen molar-refractivity contribution in [1.29, 1.82) is 0 Å². The third-order valence-corrected chi connectivity index (χ3v) is 3.03. The first kappa shape index (κ1) is 16.4. The molecular formula is C15H21ClN4. The zero-order valence-electron chi connectivity index (χ0n) is 12.3. The van der Waals surface area contributed by atoms with Crippen LogP contribution in [0.4, 0.5) is 5.95 Å². The second-order valence-corrected chi connectivity index (χ2v) is 4.96. The molecule has 0 saturated carbocycles. The molecule has 2 aromatic rings. The predicted octanol–water partition coefficient (Wildman–Crippen LogP) is 2.71. The van der Waals surface area contributed by atoms with E-state index in [1.165, 1.54) is 11.1 Å². The number of hydrogen-bond donors (Lipinski definition) is 1. The van der Waals surface area contributed by atoms with Crippen LogP contribution in [-0.4, -0.2) is 24.1 Å². The first-order valence-electron chi connectivity index (χ1n) is 6.34. The summed E-state index contributed by atoms with van der Waals surface area (Å²) in [6, 6.07) is 8.33. The topological polar surface area (TPSA) is 55.0 Å². The highest BCUT2D eigenvalue weighted by Crippen LogP contribution is 2.24. The number of halogens is 1. The minimum Gasteiger partial charge on any atom is -0.347 e. The lowest BCUT2D eigenvalue weighted by atomic mass is 10.0. The molecule has 0 aliphatic carbocycles. The zero-order chi connectivity index (χ0) is 14.0. The van der Waals surface area contributed by atoms with Crippen molar-refractivity contribution in [3.8, 4) is 11.3 Å². The number of hydrogen-bond acceptors (Lipinski definition) is 4. The molecule has 1 aromatic heterocycles. The van der Waals surface area contributed by atoms with Crippen molar-refractivity contribution in [3.05, 3.63) is 41.1 Å². The molecule has 0 amide bonds. The van der Waals surface area contributed by atoms with Gasteiger partial charge in [0.15, 0.2) is 0 Å². The number of aromatic nitrogens is 2. The fourth-order valence-electron chi connectivity index (χ4n) is 2.03. The molecule has 0 atom stereocenters. The number of nitrogens with two attached hydrogens (primary N) is 1. The third kappa shape index (κ3) is 3.46. The van der Waals surface area contributed by atoms with Crippen molar-refractivity contribution in [1.82, 2.24) is 9.97 Å². The van der Waals surface area contributed by atoms with Gasteiger partial charge in [-0.1, -0.05) is 23.8 Å². The Morgan fingerprint density at radius 3 is 2.35 bits per heavy atom. The molecule has 0 unspecified atom stereocenters. The SMILES string of the molecule is Cc1ccc(-c2cc(CN)nc(N(C)C)n2)c(C)c1.Cl. The lowest BCUT2D eigenvalue weighted by Gasteiger charge is -2.14. The van der Waals surface area contributed by atoms with Crippen LogP contribution in [0.3, 0.4) is 0 Å². The molecule has 2 N–H and O–H groups in total. The van der Waals surface area contributed by atoms with E-state index in [1.807, 2.05) is 25.1 Å². The average molecular weight is 293 g/mol. The molecule has 0 bridgehead atoms. The smallest absolute Gasteiger partial charge is 0.225 e. The predicted molar refractivity (Wildman–Crippen MR) is 86.4 cm³/mol. The molecule has 5 heteroatoms. The Morgan fingerprint density at radius 2 is 1.80 bits per heavy atom. The van der Waals surface area contributed by atoms with Crippen molar-refractivity contribution in [3.63, 3.8) is 0 Å². The number of nitrogens with zero attached hydrogens (tertiary/aromatic N) is 3. The van der Waals surface area contributed by atoms with Gasteiger partial charge < -0.3 is 10.6 Å². The van der Waals surface area contributed by atoms with Crippen LogP contribution in [0.5, 0.6) is 0 Å². The minimum atomic E-state index is 0.